The first-order valence-electron chi connectivity index (χ1n) is 7.22. The van der Waals surface area contributed by atoms with Gasteiger partial charge in [0.1, 0.15) is 0 Å². The van der Waals surface area contributed by atoms with Gasteiger partial charge >= 0.3 is 0 Å². The van der Waals surface area contributed by atoms with Gasteiger partial charge in [-0.2, -0.15) is 0 Å². The highest BCUT2D eigenvalue weighted by Crippen LogP contribution is 2.25. The molecule has 3 N–H and O–H groups in total. The second-order valence-electron chi connectivity index (χ2n) is 5.54. The van der Waals surface area contributed by atoms with Crippen LogP contribution in [0.2, 0.25) is 0 Å². The van der Waals surface area contributed by atoms with Gasteiger partial charge in [0.2, 0.25) is 11.8 Å². The van der Waals surface area contributed by atoms with Gasteiger partial charge in [0.05, 0.1) is 12.6 Å². The predicted octanol–water partition coefficient (Wildman–Crippen LogP) is 2.20. The van der Waals surface area contributed by atoms with Gasteiger partial charge in [0.15, 0.2) is 0 Å². The molecule has 1 aliphatic heterocycles. The number of rotatable bonds is 5. The predicted molar refractivity (Wildman–Crippen MR) is 86.5 cm³/mol. The van der Waals surface area contributed by atoms with Crippen LogP contribution in [-0.2, 0) is 9.59 Å². The number of nitrogens with one attached hydrogen (secondary N) is 3. The van der Waals surface area contributed by atoms with Crippen molar-refractivity contribution >= 4 is 33.4 Å². The molecule has 23 heavy (non-hydrogen) atoms. The van der Waals surface area contributed by atoms with Gasteiger partial charge < -0.3 is 10.6 Å². The van der Waals surface area contributed by atoms with E-state index in [4.69, 9.17) is 0 Å². The number of benzene rings is 1. The molecular weight excluding hydrogens is 372 g/mol. The highest BCUT2D eigenvalue weighted by atomic mass is 79.9. The van der Waals surface area contributed by atoms with E-state index in [9.17, 15) is 18.4 Å². The molecule has 1 unspecified atom stereocenters. The summed E-state index contributed by atoms with van der Waals surface area (Å²) in [6.45, 7) is 1.48. The van der Waals surface area contributed by atoms with E-state index in [2.05, 4.69) is 31.9 Å². The fraction of sp³-hybridized carbons (Fsp3) is 0.467. The summed E-state index contributed by atoms with van der Waals surface area (Å²) in [5.74, 6) is -3.61. The molecule has 5 nitrogen and oxygen atoms in total. The number of amides is 2. The molecule has 1 heterocycles. The number of carbonyl (C=O) groups excluding carboxylic acids is 2. The lowest BCUT2D eigenvalue weighted by Gasteiger charge is -2.12. The van der Waals surface area contributed by atoms with Crippen LogP contribution in [0.4, 0.5) is 14.5 Å². The third kappa shape index (κ3) is 5.24. The molecule has 1 aliphatic rings. The minimum atomic E-state index is -2.85. The fourth-order valence-corrected chi connectivity index (χ4v) is 2.63. The largest absolute Gasteiger partial charge is 0.354 e. The first-order valence-corrected chi connectivity index (χ1v) is 8.01. The number of hydrogen-bond acceptors (Lipinski definition) is 3. The van der Waals surface area contributed by atoms with E-state index in [1.807, 2.05) is 19.1 Å². The Hall–Kier alpha value is -1.54. The summed E-state index contributed by atoms with van der Waals surface area (Å²) in [7, 11) is 0. The Balaban J connectivity index is 1.75. The summed E-state index contributed by atoms with van der Waals surface area (Å²) in [5.41, 5.74) is 1.61. The average Bonchev–Trinajstić information content (AvgIpc) is 2.83. The average molecular weight is 390 g/mol. The van der Waals surface area contributed by atoms with Crippen molar-refractivity contribution in [3.63, 3.8) is 0 Å². The molecule has 1 saturated heterocycles. The Morgan fingerprint density at radius 1 is 1.43 bits per heavy atom. The summed E-state index contributed by atoms with van der Waals surface area (Å²) < 4.78 is 26.9. The van der Waals surface area contributed by atoms with Crippen molar-refractivity contribution in [1.82, 2.24) is 10.6 Å². The third-order valence-electron chi connectivity index (χ3n) is 3.55. The van der Waals surface area contributed by atoms with E-state index >= 15 is 0 Å². The number of carbonyl (C=O) groups is 2. The number of alkyl halides is 2. The quantitative estimate of drug-likeness (QED) is 0.722. The molecule has 1 fully saturated rings. The van der Waals surface area contributed by atoms with Gasteiger partial charge in [-0.3, -0.25) is 14.9 Å². The maximum atomic E-state index is 13.0. The van der Waals surface area contributed by atoms with Crippen LogP contribution in [0.1, 0.15) is 18.4 Å². The molecular formula is C15H18BrF2N3O2. The highest BCUT2D eigenvalue weighted by molar-refractivity contribution is 9.10. The van der Waals surface area contributed by atoms with Gasteiger partial charge in [-0.25, -0.2) is 8.78 Å². The minimum Gasteiger partial charge on any atom is -0.354 e. The van der Waals surface area contributed by atoms with Crippen molar-refractivity contribution in [2.75, 3.05) is 18.4 Å². The van der Waals surface area contributed by atoms with Gasteiger partial charge in [-0.05, 0) is 24.6 Å². The van der Waals surface area contributed by atoms with Crippen molar-refractivity contribution in [3.8, 4) is 0 Å². The standard InChI is InChI=1S/C15H18BrF2N3O2/c1-9-2-3-10(16)6-11(9)21-13(22)4-5-19-14(23)12-7-15(17,18)8-20-12/h2-3,6,12,20H,4-5,7-8H2,1H3,(H,19,23)(H,21,22). The van der Waals surface area contributed by atoms with Gasteiger partial charge in [-0.15, -0.1) is 0 Å². The Morgan fingerprint density at radius 2 is 2.17 bits per heavy atom. The van der Waals surface area contributed by atoms with Crippen LogP contribution in [0.25, 0.3) is 0 Å². The number of halogens is 3. The molecule has 0 spiro atoms. The lowest BCUT2D eigenvalue weighted by molar-refractivity contribution is -0.123. The molecule has 126 valence electrons. The van der Waals surface area contributed by atoms with E-state index < -0.39 is 30.8 Å². The Morgan fingerprint density at radius 3 is 2.83 bits per heavy atom. The Kier molecular flexibility index (Phi) is 5.69. The molecule has 1 aromatic carbocycles. The number of aryl methyl sites for hydroxylation is 1. The van der Waals surface area contributed by atoms with Crippen LogP contribution in [0, 0.1) is 6.92 Å². The summed E-state index contributed by atoms with van der Waals surface area (Å²) in [4.78, 5) is 23.6. The molecule has 2 amide bonds. The molecule has 0 saturated carbocycles. The second-order valence-corrected chi connectivity index (χ2v) is 6.46. The van der Waals surface area contributed by atoms with E-state index in [-0.39, 0.29) is 18.9 Å². The van der Waals surface area contributed by atoms with Crippen molar-refractivity contribution in [2.45, 2.75) is 31.7 Å². The van der Waals surface area contributed by atoms with Crippen molar-refractivity contribution in [1.29, 1.82) is 0 Å². The van der Waals surface area contributed by atoms with Crippen LogP contribution >= 0.6 is 15.9 Å². The van der Waals surface area contributed by atoms with Crippen molar-refractivity contribution < 1.29 is 18.4 Å². The maximum absolute atomic E-state index is 13.0. The van der Waals surface area contributed by atoms with E-state index in [1.165, 1.54) is 0 Å². The fourth-order valence-electron chi connectivity index (χ4n) is 2.26. The summed E-state index contributed by atoms with van der Waals surface area (Å²) in [6, 6.07) is 4.62. The number of hydrogen-bond donors (Lipinski definition) is 3. The second kappa shape index (κ2) is 7.35. The zero-order valence-corrected chi connectivity index (χ0v) is 14.2. The third-order valence-corrected chi connectivity index (χ3v) is 4.04. The molecule has 0 radical (unpaired) electrons. The Labute approximate surface area is 141 Å². The maximum Gasteiger partial charge on any atom is 0.262 e. The van der Waals surface area contributed by atoms with E-state index in [0.29, 0.717) is 5.69 Å². The summed E-state index contributed by atoms with van der Waals surface area (Å²) in [5, 5.41) is 7.72. The smallest absolute Gasteiger partial charge is 0.262 e. The lowest BCUT2D eigenvalue weighted by Crippen LogP contribution is -2.41. The van der Waals surface area contributed by atoms with Crippen LogP contribution in [0.3, 0.4) is 0 Å². The normalized spacial score (nSPS) is 19.4. The van der Waals surface area contributed by atoms with Crippen LogP contribution in [0.15, 0.2) is 22.7 Å². The first-order chi connectivity index (χ1) is 10.8. The molecule has 1 atom stereocenters. The van der Waals surface area contributed by atoms with E-state index in [1.54, 1.807) is 6.07 Å². The van der Waals surface area contributed by atoms with Crippen molar-refractivity contribution in [3.05, 3.63) is 28.2 Å². The monoisotopic (exact) mass is 389 g/mol. The first kappa shape index (κ1) is 17.8. The lowest BCUT2D eigenvalue weighted by atomic mass is 10.2. The summed E-state index contributed by atoms with van der Waals surface area (Å²) in [6.07, 6.45) is -0.441. The Bertz CT molecular complexity index is 610. The molecule has 8 heteroatoms. The van der Waals surface area contributed by atoms with Gasteiger partial charge in [0.25, 0.3) is 5.92 Å². The zero-order valence-electron chi connectivity index (χ0n) is 12.6. The van der Waals surface area contributed by atoms with Crippen LogP contribution in [-0.4, -0.2) is 36.9 Å². The van der Waals surface area contributed by atoms with Gasteiger partial charge in [0, 0.05) is 29.5 Å². The molecule has 0 aliphatic carbocycles. The van der Waals surface area contributed by atoms with Gasteiger partial charge in [-0.1, -0.05) is 22.0 Å². The zero-order chi connectivity index (χ0) is 17.0. The van der Waals surface area contributed by atoms with Crippen molar-refractivity contribution in [2.24, 2.45) is 0 Å². The summed E-state index contributed by atoms with van der Waals surface area (Å²) >= 11 is 3.33. The molecule has 0 bridgehead atoms. The SMILES string of the molecule is Cc1ccc(Br)cc1NC(=O)CCNC(=O)C1CC(F)(F)CN1. The highest BCUT2D eigenvalue weighted by Gasteiger charge is 2.42. The van der Waals surface area contributed by atoms with Crippen LogP contribution in [0.5, 0.6) is 0 Å². The van der Waals surface area contributed by atoms with Crippen LogP contribution < -0.4 is 16.0 Å². The molecule has 2 rings (SSSR count). The molecule has 0 aromatic heterocycles. The topological polar surface area (TPSA) is 70.2 Å². The number of anilines is 1. The molecule has 1 aromatic rings. The minimum absolute atomic E-state index is 0.0702. The van der Waals surface area contributed by atoms with E-state index in [0.717, 1.165) is 10.0 Å².